The summed E-state index contributed by atoms with van der Waals surface area (Å²) in [6, 6.07) is 0. The molecule has 0 aliphatic heterocycles. The van der Waals surface area contributed by atoms with Gasteiger partial charge in [-0.1, -0.05) is 19.1 Å². The number of hydrogen-bond acceptors (Lipinski definition) is 3. The molecule has 0 unspecified atom stereocenters. The van der Waals surface area contributed by atoms with Gasteiger partial charge in [-0.25, -0.2) is 8.78 Å². The van der Waals surface area contributed by atoms with E-state index in [9.17, 15) is 13.6 Å². The van der Waals surface area contributed by atoms with E-state index in [2.05, 4.69) is 10.1 Å². The molecular formula is C11H18F2N2O2S. The van der Waals surface area contributed by atoms with E-state index >= 15 is 0 Å². The Bertz CT molecular complexity index is 320. The van der Waals surface area contributed by atoms with Crippen molar-refractivity contribution in [2.75, 3.05) is 19.8 Å². The lowest BCUT2D eigenvalue weighted by atomic mass is 9.62. The Morgan fingerprint density at radius 1 is 1.61 bits per heavy atom. The maximum absolute atomic E-state index is 11.9. The lowest BCUT2D eigenvalue weighted by Crippen LogP contribution is -2.56. The van der Waals surface area contributed by atoms with Crippen molar-refractivity contribution in [1.29, 1.82) is 0 Å². The van der Waals surface area contributed by atoms with E-state index in [0.717, 1.165) is 0 Å². The Balaban J connectivity index is 2.29. The molecule has 1 aliphatic carbocycles. The summed E-state index contributed by atoms with van der Waals surface area (Å²) in [4.78, 5) is 12.1. The minimum absolute atomic E-state index is 0.0546. The van der Waals surface area contributed by atoms with Crippen LogP contribution in [-0.4, -0.2) is 37.1 Å². The molecule has 0 aromatic carbocycles. The van der Waals surface area contributed by atoms with E-state index in [0.29, 0.717) is 18.8 Å². The van der Waals surface area contributed by atoms with E-state index in [4.69, 9.17) is 18.0 Å². The summed E-state index contributed by atoms with van der Waals surface area (Å²) in [5.41, 5.74) is 4.85. The number of amides is 1. The summed E-state index contributed by atoms with van der Waals surface area (Å²) in [6.07, 6.45) is -1.20. The van der Waals surface area contributed by atoms with Gasteiger partial charge in [-0.15, -0.1) is 0 Å². The largest absolute Gasteiger partial charge is 0.392 e. The minimum atomic E-state index is -2.49. The van der Waals surface area contributed by atoms with Gasteiger partial charge in [0.1, 0.15) is 6.61 Å². The molecule has 1 aliphatic rings. The number of halogens is 2. The van der Waals surface area contributed by atoms with E-state index in [-0.39, 0.29) is 24.0 Å². The van der Waals surface area contributed by atoms with Crippen LogP contribution in [0.25, 0.3) is 0 Å². The molecule has 104 valence electrons. The molecule has 0 aromatic heterocycles. The fourth-order valence-electron chi connectivity index (χ4n) is 2.21. The Kier molecular flexibility index (Phi) is 5.40. The molecule has 1 amide bonds. The maximum atomic E-state index is 11.9. The first-order valence-electron chi connectivity index (χ1n) is 5.82. The molecule has 0 spiro atoms. The summed E-state index contributed by atoms with van der Waals surface area (Å²) in [5.74, 6) is 0.195. The number of carbonyl (C=O) groups is 1. The molecule has 0 radical (unpaired) electrons. The van der Waals surface area contributed by atoms with Gasteiger partial charge in [0, 0.05) is 6.54 Å². The van der Waals surface area contributed by atoms with Gasteiger partial charge in [0.05, 0.1) is 17.0 Å². The van der Waals surface area contributed by atoms with Gasteiger partial charge in [0.2, 0.25) is 5.91 Å². The summed E-state index contributed by atoms with van der Waals surface area (Å²) < 4.78 is 28.2. The van der Waals surface area contributed by atoms with Gasteiger partial charge in [-0.05, 0) is 18.8 Å². The van der Waals surface area contributed by atoms with Crippen molar-refractivity contribution >= 4 is 23.1 Å². The lowest BCUT2D eigenvalue weighted by molar-refractivity contribution is -0.133. The third-order valence-corrected chi connectivity index (χ3v) is 3.47. The molecule has 0 bridgehead atoms. The first-order chi connectivity index (χ1) is 8.38. The average Bonchev–Trinajstić information content (AvgIpc) is 2.22. The van der Waals surface area contributed by atoms with Crippen molar-refractivity contribution in [3.05, 3.63) is 0 Å². The zero-order chi connectivity index (χ0) is 13.8. The van der Waals surface area contributed by atoms with Crippen LogP contribution in [0, 0.1) is 11.3 Å². The SMILES string of the molecule is CC1CC(C(=O)NCCOCC(F)F)(C(N)=S)C1. The van der Waals surface area contributed by atoms with Gasteiger partial charge in [0.15, 0.2) is 0 Å². The smallest absolute Gasteiger partial charge is 0.261 e. The highest BCUT2D eigenvalue weighted by Crippen LogP contribution is 2.45. The second kappa shape index (κ2) is 6.38. The van der Waals surface area contributed by atoms with Crippen LogP contribution in [0.3, 0.4) is 0 Å². The van der Waals surface area contributed by atoms with Gasteiger partial charge in [0.25, 0.3) is 6.43 Å². The third kappa shape index (κ3) is 3.58. The van der Waals surface area contributed by atoms with Crippen molar-refractivity contribution in [2.24, 2.45) is 17.1 Å². The lowest BCUT2D eigenvalue weighted by Gasteiger charge is -2.44. The molecule has 3 N–H and O–H groups in total. The Morgan fingerprint density at radius 3 is 2.67 bits per heavy atom. The summed E-state index contributed by atoms with van der Waals surface area (Å²) in [5, 5.41) is 2.62. The summed E-state index contributed by atoms with van der Waals surface area (Å²) in [7, 11) is 0. The Hall–Kier alpha value is -0.820. The van der Waals surface area contributed by atoms with Gasteiger partial charge < -0.3 is 15.8 Å². The molecule has 7 heteroatoms. The van der Waals surface area contributed by atoms with Crippen molar-refractivity contribution in [1.82, 2.24) is 5.32 Å². The van der Waals surface area contributed by atoms with Crippen molar-refractivity contribution in [2.45, 2.75) is 26.2 Å². The highest BCUT2D eigenvalue weighted by atomic mass is 32.1. The van der Waals surface area contributed by atoms with Crippen LogP contribution in [-0.2, 0) is 9.53 Å². The molecule has 18 heavy (non-hydrogen) atoms. The molecule has 1 saturated carbocycles. The van der Waals surface area contributed by atoms with Gasteiger partial charge >= 0.3 is 0 Å². The Morgan fingerprint density at radius 2 is 2.22 bits per heavy atom. The van der Waals surface area contributed by atoms with Gasteiger partial charge in [-0.2, -0.15) is 0 Å². The standard InChI is InChI=1S/C11H18F2N2O2S/c1-7-4-11(5-7,9(14)18)10(16)15-2-3-17-6-8(12)13/h7-8H,2-6H2,1H3,(H2,14,18)(H,15,16). The molecule has 4 nitrogen and oxygen atoms in total. The zero-order valence-corrected chi connectivity index (χ0v) is 11.1. The molecule has 0 saturated heterocycles. The minimum Gasteiger partial charge on any atom is -0.392 e. The molecule has 1 fully saturated rings. The van der Waals surface area contributed by atoms with Crippen LogP contribution < -0.4 is 11.1 Å². The summed E-state index contributed by atoms with van der Waals surface area (Å²) in [6.45, 7) is 1.65. The zero-order valence-electron chi connectivity index (χ0n) is 10.2. The van der Waals surface area contributed by atoms with E-state index < -0.39 is 18.4 Å². The van der Waals surface area contributed by atoms with Crippen LogP contribution in [0.4, 0.5) is 8.78 Å². The number of thiocarbonyl (C=S) groups is 1. The predicted octanol–water partition coefficient (Wildman–Crippen LogP) is 1.09. The number of nitrogens with two attached hydrogens (primary N) is 1. The Labute approximate surface area is 110 Å². The van der Waals surface area contributed by atoms with Gasteiger partial charge in [-0.3, -0.25) is 4.79 Å². The topological polar surface area (TPSA) is 64.3 Å². The number of ether oxygens (including phenoxy) is 1. The first kappa shape index (κ1) is 15.2. The fourth-order valence-corrected chi connectivity index (χ4v) is 2.47. The number of rotatable bonds is 7. The predicted molar refractivity (Wildman–Crippen MR) is 67.4 cm³/mol. The van der Waals surface area contributed by atoms with Crippen molar-refractivity contribution in [3.8, 4) is 0 Å². The molecular weight excluding hydrogens is 262 g/mol. The van der Waals surface area contributed by atoms with Crippen LogP contribution >= 0.6 is 12.2 Å². The van der Waals surface area contributed by atoms with Crippen LogP contribution in [0.5, 0.6) is 0 Å². The second-order valence-electron chi connectivity index (χ2n) is 4.68. The molecule has 0 aromatic rings. The monoisotopic (exact) mass is 280 g/mol. The number of carbonyl (C=O) groups excluding carboxylic acids is 1. The van der Waals surface area contributed by atoms with Crippen molar-refractivity contribution in [3.63, 3.8) is 0 Å². The van der Waals surface area contributed by atoms with Crippen LogP contribution in [0.2, 0.25) is 0 Å². The van der Waals surface area contributed by atoms with E-state index in [1.54, 1.807) is 0 Å². The highest BCUT2D eigenvalue weighted by molar-refractivity contribution is 7.80. The molecule has 0 atom stereocenters. The van der Waals surface area contributed by atoms with Crippen LogP contribution in [0.1, 0.15) is 19.8 Å². The fraction of sp³-hybridized carbons (Fsp3) is 0.818. The second-order valence-corrected chi connectivity index (χ2v) is 5.12. The quantitative estimate of drug-likeness (QED) is 0.541. The maximum Gasteiger partial charge on any atom is 0.261 e. The first-order valence-corrected chi connectivity index (χ1v) is 6.23. The highest BCUT2D eigenvalue weighted by Gasteiger charge is 2.50. The molecule has 1 rings (SSSR count). The average molecular weight is 280 g/mol. The van der Waals surface area contributed by atoms with Crippen LogP contribution in [0.15, 0.2) is 0 Å². The number of nitrogens with one attached hydrogen (secondary N) is 1. The summed E-state index contributed by atoms with van der Waals surface area (Å²) >= 11 is 4.93. The van der Waals surface area contributed by atoms with E-state index in [1.807, 2.05) is 6.92 Å². The normalized spacial score (nSPS) is 26.8. The molecule has 0 heterocycles. The number of alkyl halides is 2. The van der Waals surface area contributed by atoms with E-state index in [1.165, 1.54) is 0 Å². The van der Waals surface area contributed by atoms with Crippen molar-refractivity contribution < 1.29 is 18.3 Å². The number of hydrogen-bond donors (Lipinski definition) is 2. The third-order valence-electron chi connectivity index (χ3n) is 3.08.